The number of aromatic nitrogens is 3. The molecule has 2 rings (SSSR count). The van der Waals surface area contributed by atoms with Crippen LogP contribution < -0.4 is 10.0 Å². The highest BCUT2D eigenvalue weighted by molar-refractivity contribution is 7.89. The van der Waals surface area contributed by atoms with Gasteiger partial charge in [-0.2, -0.15) is 5.10 Å². The molecular weight excluding hydrogens is 290 g/mol. The Hall–Kier alpha value is -1.64. The largest absolute Gasteiger partial charge is 0.352 e. The number of sulfonamides is 1. The van der Waals surface area contributed by atoms with E-state index in [1.54, 1.807) is 27.7 Å². The fraction of sp³-hybridized carbons (Fsp3) is 0.462. The maximum Gasteiger partial charge on any atom is 0.242 e. The van der Waals surface area contributed by atoms with Crippen molar-refractivity contribution in [3.05, 3.63) is 35.4 Å². The summed E-state index contributed by atoms with van der Waals surface area (Å²) in [6.07, 6.45) is 3.29. The molecule has 0 aromatic carbocycles. The summed E-state index contributed by atoms with van der Waals surface area (Å²) in [5, 5.41) is 7.11. The molecule has 2 aromatic rings. The van der Waals surface area contributed by atoms with Crippen molar-refractivity contribution < 1.29 is 8.42 Å². The highest BCUT2D eigenvalue weighted by atomic mass is 32.2. The van der Waals surface area contributed by atoms with Gasteiger partial charge in [0.05, 0.1) is 11.1 Å². The van der Waals surface area contributed by atoms with E-state index in [0.29, 0.717) is 6.54 Å². The zero-order valence-corrected chi connectivity index (χ0v) is 13.5. The molecule has 0 spiro atoms. The van der Waals surface area contributed by atoms with Gasteiger partial charge < -0.3 is 9.88 Å². The quantitative estimate of drug-likeness (QED) is 0.802. The van der Waals surface area contributed by atoms with E-state index >= 15 is 0 Å². The Morgan fingerprint density at radius 2 is 2.00 bits per heavy atom. The second-order valence-corrected chi connectivity index (χ2v) is 6.78. The third-order valence-electron chi connectivity index (χ3n) is 3.54. The van der Waals surface area contributed by atoms with Crippen molar-refractivity contribution in [3.63, 3.8) is 0 Å². The van der Waals surface area contributed by atoms with Crippen molar-refractivity contribution in [1.82, 2.24) is 24.4 Å². The van der Waals surface area contributed by atoms with Crippen LogP contribution in [0.1, 0.15) is 17.0 Å². The van der Waals surface area contributed by atoms with Crippen LogP contribution in [-0.2, 0) is 37.2 Å². The highest BCUT2D eigenvalue weighted by Crippen LogP contribution is 2.14. The second-order valence-electron chi connectivity index (χ2n) is 5.01. The molecule has 0 amide bonds. The molecule has 21 heavy (non-hydrogen) atoms. The first-order valence-electron chi connectivity index (χ1n) is 6.62. The predicted molar refractivity (Wildman–Crippen MR) is 80.1 cm³/mol. The molecule has 0 atom stereocenters. The van der Waals surface area contributed by atoms with Crippen LogP contribution in [0.5, 0.6) is 0 Å². The van der Waals surface area contributed by atoms with Gasteiger partial charge >= 0.3 is 0 Å². The fourth-order valence-corrected chi connectivity index (χ4v) is 3.15. The van der Waals surface area contributed by atoms with E-state index in [1.165, 1.54) is 0 Å². The van der Waals surface area contributed by atoms with Crippen LogP contribution in [-0.4, -0.2) is 29.8 Å². The lowest BCUT2D eigenvalue weighted by Crippen LogP contribution is -2.23. The maximum atomic E-state index is 12.3. The number of hydrogen-bond donors (Lipinski definition) is 2. The van der Waals surface area contributed by atoms with Gasteiger partial charge in [-0.25, -0.2) is 13.1 Å². The van der Waals surface area contributed by atoms with Gasteiger partial charge in [-0.15, -0.1) is 0 Å². The molecule has 116 valence electrons. The molecule has 2 N–H and O–H groups in total. The van der Waals surface area contributed by atoms with Crippen LogP contribution in [0.4, 0.5) is 0 Å². The number of nitrogens with one attached hydrogen (secondary N) is 2. The molecule has 8 heteroatoms. The van der Waals surface area contributed by atoms with Crippen LogP contribution in [0.25, 0.3) is 0 Å². The molecule has 2 heterocycles. The summed E-state index contributed by atoms with van der Waals surface area (Å²) in [5.74, 6) is 0. The molecule has 0 aliphatic heterocycles. The first-order valence-corrected chi connectivity index (χ1v) is 8.10. The Balaban J connectivity index is 2.15. The molecule has 2 aromatic heterocycles. The molecule has 0 radical (unpaired) electrons. The zero-order valence-electron chi connectivity index (χ0n) is 12.7. The van der Waals surface area contributed by atoms with E-state index in [0.717, 1.165) is 17.0 Å². The zero-order chi connectivity index (χ0) is 15.6. The van der Waals surface area contributed by atoms with Gasteiger partial charge in [0.15, 0.2) is 0 Å². The van der Waals surface area contributed by atoms with Crippen molar-refractivity contribution in [3.8, 4) is 0 Å². The minimum atomic E-state index is -3.52. The minimum absolute atomic E-state index is 0.234. The number of nitrogens with zero attached hydrogens (tertiary/aromatic N) is 3. The third kappa shape index (κ3) is 3.34. The number of rotatable bonds is 6. The third-order valence-corrected chi connectivity index (χ3v) is 4.91. The van der Waals surface area contributed by atoms with Crippen molar-refractivity contribution in [2.45, 2.75) is 24.9 Å². The summed E-state index contributed by atoms with van der Waals surface area (Å²) in [5.41, 5.74) is 2.73. The van der Waals surface area contributed by atoms with Crippen LogP contribution in [0.3, 0.4) is 0 Å². The van der Waals surface area contributed by atoms with Crippen LogP contribution >= 0.6 is 0 Å². The normalized spacial score (nSPS) is 12.0. The molecule has 0 saturated carbocycles. The van der Waals surface area contributed by atoms with E-state index in [2.05, 4.69) is 15.1 Å². The van der Waals surface area contributed by atoms with Crippen molar-refractivity contribution in [2.75, 3.05) is 7.05 Å². The van der Waals surface area contributed by atoms with Gasteiger partial charge in [0.1, 0.15) is 0 Å². The topological polar surface area (TPSA) is 81.0 Å². The predicted octanol–water partition coefficient (Wildman–Crippen LogP) is 0.265. The molecular formula is C13H21N5O2S. The Bertz CT molecular complexity index is 730. The minimum Gasteiger partial charge on any atom is -0.352 e. The summed E-state index contributed by atoms with van der Waals surface area (Å²) in [6.45, 7) is 2.76. The Labute approximate surface area is 125 Å². The van der Waals surface area contributed by atoms with E-state index in [-0.39, 0.29) is 11.4 Å². The molecule has 0 unspecified atom stereocenters. The molecule has 0 fully saturated rings. The second kappa shape index (κ2) is 6.00. The Morgan fingerprint density at radius 3 is 2.57 bits per heavy atom. The molecule has 0 aliphatic carbocycles. The van der Waals surface area contributed by atoms with E-state index < -0.39 is 10.0 Å². The summed E-state index contributed by atoms with van der Waals surface area (Å²) < 4.78 is 30.8. The molecule has 7 nitrogen and oxygen atoms in total. The molecule has 0 aliphatic rings. The Morgan fingerprint density at radius 1 is 1.29 bits per heavy atom. The average molecular weight is 311 g/mol. The average Bonchev–Trinajstić information content (AvgIpc) is 2.94. The lowest BCUT2D eigenvalue weighted by molar-refractivity contribution is 0.581. The Kier molecular flexibility index (Phi) is 4.50. The number of hydrogen-bond acceptors (Lipinski definition) is 4. The monoisotopic (exact) mass is 311 g/mol. The summed E-state index contributed by atoms with van der Waals surface area (Å²) >= 11 is 0. The van der Waals surface area contributed by atoms with E-state index in [4.69, 9.17) is 0 Å². The lowest BCUT2D eigenvalue weighted by atomic mass is 10.3. The van der Waals surface area contributed by atoms with Crippen LogP contribution in [0, 0.1) is 6.92 Å². The van der Waals surface area contributed by atoms with Crippen LogP contribution in [0.15, 0.2) is 23.4 Å². The lowest BCUT2D eigenvalue weighted by Gasteiger charge is -2.04. The van der Waals surface area contributed by atoms with Crippen molar-refractivity contribution >= 4 is 10.0 Å². The number of aryl methyl sites for hydroxylation is 2. The standard InChI is InChI=1S/C13H21N5O2S/c1-10-11(6-15-18(10)4)7-16-21(19,20)13-5-12(8-14-2)17(3)9-13/h5-6,9,14,16H,7-8H2,1-4H3. The maximum absolute atomic E-state index is 12.3. The summed E-state index contributed by atoms with van der Waals surface area (Å²) in [7, 11) is 1.96. The van der Waals surface area contributed by atoms with E-state index in [9.17, 15) is 8.42 Å². The van der Waals surface area contributed by atoms with Gasteiger partial charge in [-0.3, -0.25) is 4.68 Å². The van der Waals surface area contributed by atoms with Crippen molar-refractivity contribution in [2.24, 2.45) is 14.1 Å². The smallest absolute Gasteiger partial charge is 0.242 e. The van der Waals surface area contributed by atoms with Gasteiger partial charge in [-0.05, 0) is 20.0 Å². The van der Waals surface area contributed by atoms with Crippen molar-refractivity contribution in [1.29, 1.82) is 0 Å². The van der Waals surface area contributed by atoms with Gasteiger partial charge in [0, 0.05) is 50.3 Å². The first kappa shape index (κ1) is 15.7. The van der Waals surface area contributed by atoms with Gasteiger partial charge in [-0.1, -0.05) is 0 Å². The van der Waals surface area contributed by atoms with Gasteiger partial charge in [0.2, 0.25) is 10.0 Å². The molecule has 0 bridgehead atoms. The summed E-state index contributed by atoms with van der Waals surface area (Å²) in [6, 6.07) is 1.68. The fourth-order valence-electron chi connectivity index (χ4n) is 2.05. The van der Waals surface area contributed by atoms with Gasteiger partial charge in [0.25, 0.3) is 0 Å². The highest BCUT2D eigenvalue weighted by Gasteiger charge is 2.18. The first-order chi connectivity index (χ1) is 9.85. The van der Waals surface area contributed by atoms with E-state index in [1.807, 2.05) is 28.1 Å². The summed E-state index contributed by atoms with van der Waals surface area (Å²) in [4.78, 5) is 0.275. The SMILES string of the molecule is CNCc1cc(S(=O)(=O)NCc2cnn(C)c2C)cn1C. The van der Waals surface area contributed by atoms with Crippen LogP contribution in [0.2, 0.25) is 0 Å². The molecule has 0 saturated heterocycles.